The number of carbonyl (C=O) groups excluding carboxylic acids is 1. The van der Waals surface area contributed by atoms with Crippen molar-refractivity contribution in [2.75, 3.05) is 39.9 Å². The van der Waals surface area contributed by atoms with E-state index < -0.39 is 0 Å². The molecule has 1 amide bonds. The molecule has 0 spiro atoms. The highest BCUT2D eigenvalue weighted by Gasteiger charge is 2.28. The minimum Gasteiger partial charge on any atom is -0.383 e. The summed E-state index contributed by atoms with van der Waals surface area (Å²) < 4.78 is 5.13. The second-order valence-corrected chi connectivity index (χ2v) is 10.6. The number of ether oxygens (including phenoxy) is 1. The number of hydrogen-bond donors (Lipinski definition) is 3. The Bertz CT molecular complexity index is 971. The number of amides is 1. The summed E-state index contributed by atoms with van der Waals surface area (Å²) in [6, 6.07) is 4.54. The van der Waals surface area contributed by atoms with Crippen LogP contribution in [-0.2, 0) is 11.3 Å². The van der Waals surface area contributed by atoms with Gasteiger partial charge in [0.2, 0.25) is 0 Å². The van der Waals surface area contributed by atoms with Gasteiger partial charge in [0.15, 0.2) is 5.96 Å². The van der Waals surface area contributed by atoms with E-state index in [1.165, 1.54) is 5.56 Å². The number of methoxy groups -OCH3 is 1. The number of guanidine groups is 1. The fraction of sp³-hybridized carbons (Fsp3) is 0.577. The Kier molecular flexibility index (Phi) is 11.0. The summed E-state index contributed by atoms with van der Waals surface area (Å²) in [6.45, 7) is 10.4. The zero-order chi connectivity index (χ0) is 26.1. The maximum absolute atomic E-state index is 12.7. The lowest BCUT2D eigenvalue weighted by Crippen LogP contribution is -2.52. The van der Waals surface area contributed by atoms with Crippen molar-refractivity contribution in [1.29, 1.82) is 5.41 Å². The molecule has 10 heteroatoms. The fourth-order valence-corrected chi connectivity index (χ4v) is 5.73. The van der Waals surface area contributed by atoms with Crippen LogP contribution in [0.4, 0.5) is 0 Å². The number of rotatable bonds is 11. The minimum atomic E-state index is -0.0939. The molecule has 1 atom stereocenters. The first-order chi connectivity index (χ1) is 17.3. The molecular formula is C26H39ClN6O2S. The van der Waals surface area contributed by atoms with E-state index in [4.69, 9.17) is 21.7 Å². The van der Waals surface area contributed by atoms with E-state index in [2.05, 4.69) is 49.2 Å². The van der Waals surface area contributed by atoms with Crippen molar-refractivity contribution in [3.63, 3.8) is 0 Å². The molecule has 0 aliphatic carbocycles. The molecule has 8 nitrogen and oxygen atoms in total. The van der Waals surface area contributed by atoms with Crippen molar-refractivity contribution in [3.8, 4) is 0 Å². The molecule has 1 saturated heterocycles. The average molecular weight is 535 g/mol. The van der Waals surface area contributed by atoms with E-state index in [0.29, 0.717) is 54.2 Å². The molecule has 0 saturated carbocycles. The number of aromatic nitrogens is 1. The number of piperidine rings is 1. The molecule has 0 bridgehead atoms. The smallest absolute Gasteiger partial charge is 0.253 e. The van der Waals surface area contributed by atoms with Gasteiger partial charge in [-0.3, -0.25) is 10.2 Å². The molecule has 3 heterocycles. The SMILES string of the molecule is COCCNC(=N)N(Cc1ccsc1)C1CCN([C@H](C)CCNC(=O)c2c(C)cc(Cl)nc2C)CC1. The van der Waals surface area contributed by atoms with Crippen LogP contribution in [0.15, 0.2) is 22.9 Å². The highest BCUT2D eigenvalue weighted by atomic mass is 35.5. The van der Waals surface area contributed by atoms with Crippen LogP contribution in [0.3, 0.4) is 0 Å². The highest BCUT2D eigenvalue weighted by Crippen LogP contribution is 2.22. The van der Waals surface area contributed by atoms with Gasteiger partial charge in [-0.15, -0.1) is 0 Å². The van der Waals surface area contributed by atoms with Crippen LogP contribution >= 0.6 is 22.9 Å². The van der Waals surface area contributed by atoms with Gasteiger partial charge in [-0.1, -0.05) is 11.6 Å². The van der Waals surface area contributed by atoms with Crippen LogP contribution in [0.25, 0.3) is 0 Å². The summed E-state index contributed by atoms with van der Waals surface area (Å²) in [4.78, 5) is 21.6. The van der Waals surface area contributed by atoms with E-state index in [9.17, 15) is 4.79 Å². The minimum absolute atomic E-state index is 0.0939. The number of nitrogens with zero attached hydrogens (tertiary/aromatic N) is 3. The Morgan fingerprint density at radius 1 is 1.33 bits per heavy atom. The lowest BCUT2D eigenvalue weighted by atomic mass is 10.0. The molecule has 3 N–H and O–H groups in total. The maximum Gasteiger partial charge on any atom is 0.253 e. The summed E-state index contributed by atoms with van der Waals surface area (Å²) in [7, 11) is 1.67. The Balaban J connectivity index is 1.48. The van der Waals surface area contributed by atoms with E-state index in [0.717, 1.165) is 44.5 Å². The van der Waals surface area contributed by atoms with Gasteiger partial charge in [0, 0.05) is 51.9 Å². The third-order valence-corrected chi connectivity index (χ3v) is 7.75. The van der Waals surface area contributed by atoms with Gasteiger partial charge >= 0.3 is 0 Å². The van der Waals surface area contributed by atoms with Crippen molar-refractivity contribution in [1.82, 2.24) is 25.4 Å². The van der Waals surface area contributed by atoms with E-state index in [-0.39, 0.29) is 5.91 Å². The summed E-state index contributed by atoms with van der Waals surface area (Å²) >= 11 is 7.69. The molecule has 198 valence electrons. The predicted molar refractivity (Wildman–Crippen MR) is 147 cm³/mol. The van der Waals surface area contributed by atoms with Gasteiger partial charge in [0.25, 0.3) is 5.91 Å². The topological polar surface area (TPSA) is 93.6 Å². The lowest BCUT2D eigenvalue weighted by Gasteiger charge is -2.41. The Morgan fingerprint density at radius 2 is 2.08 bits per heavy atom. The fourth-order valence-electron chi connectivity index (χ4n) is 4.77. The van der Waals surface area contributed by atoms with Gasteiger partial charge in [-0.2, -0.15) is 11.3 Å². The van der Waals surface area contributed by atoms with Gasteiger partial charge < -0.3 is 25.2 Å². The number of nitrogens with one attached hydrogen (secondary N) is 3. The lowest BCUT2D eigenvalue weighted by molar-refractivity contribution is 0.0933. The highest BCUT2D eigenvalue weighted by molar-refractivity contribution is 7.07. The zero-order valence-electron chi connectivity index (χ0n) is 21.8. The van der Waals surface area contributed by atoms with Crippen molar-refractivity contribution in [2.24, 2.45) is 0 Å². The second-order valence-electron chi connectivity index (χ2n) is 9.41. The maximum atomic E-state index is 12.7. The molecule has 1 fully saturated rings. The van der Waals surface area contributed by atoms with Gasteiger partial charge in [0.1, 0.15) is 5.15 Å². The largest absolute Gasteiger partial charge is 0.383 e. The molecule has 1 aliphatic rings. The molecule has 3 rings (SSSR count). The summed E-state index contributed by atoms with van der Waals surface area (Å²) in [5.41, 5.74) is 3.35. The molecular weight excluding hydrogens is 496 g/mol. The quantitative estimate of drug-likeness (QED) is 0.174. The van der Waals surface area contributed by atoms with E-state index in [1.807, 2.05) is 13.8 Å². The number of likely N-dealkylation sites (tertiary alicyclic amines) is 1. The van der Waals surface area contributed by atoms with Crippen LogP contribution in [0.2, 0.25) is 5.15 Å². The zero-order valence-corrected chi connectivity index (χ0v) is 23.3. The van der Waals surface area contributed by atoms with Crippen molar-refractivity contribution >= 4 is 34.8 Å². The van der Waals surface area contributed by atoms with E-state index in [1.54, 1.807) is 24.5 Å². The third-order valence-electron chi connectivity index (χ3n) is 6.82. The summed E-state index contributed by atoms with van der Waals surface area (Å²) in [6.07, 6.45) is 2.89. The van der Waals surface area contributed by atoms with Crippen LogP contribution in [0.1, 0.15) is 53.4 Å². The first-order valence-electron chi connectivity index (χ1n) is 12.5. The molecule has 2 aromatic rings. The Labute approximate surface area is 223 Å². The first-order valence-corrected chi connectivity index (χ1v) is 13.9. The van der Waals surface area contributed by atoms with Gasteiger partial charge in [-0.25, -0.2) is 4.98 Å². The van der Waals surface area contributed by atoms with Crippen LogP contribution in [0.5, 0.6) is 0 Å². The second kappa shape index (κ2) is 13.9. The molecule has 1 aliphatic heterocycles. The monoisotopic (exact) mass is 534 g/mol. The molecule has 0 aromatic carbocycles. The first kappa shape index (κ1) is 28.4. The van der Waals surface area contributed by atoms with Crippen LogP contribution < -0.4 is 10.6 Å². The Morgan fingerprint density at radius 3 is 2.72 bits per heavy atom. The molecule has 0 unspecified atom stereocenters. The van der Waals surface area contributed by atoms with Gasteiger partial charge in [0.05, 0.1) is 17.9 Å². The number of pyridine rings is 1. The summed E-state index contributed by atoms with van der Waals surface area (Å²) in [5, 5.41) is 19.6. The van der Waals surface area contributed by atoms with Crippen LogP contribution in [-0.4, -0.2) is 78.6 Å². The third kappa shape index (κ3) is 7.90. The van der Waals surface area contributed by atoms with Crippen LogP contribution in [0, 0.1) is 19.3 Å². The average Bonchev–Trinajstić information content (AvgIpc) is 3.35. The molecule has 0 radical (unpaired) electrons. The van der Waals surface area contributed by atoms with Gasteiger partial charge in [-0.05, 0) is 74.1 Å². The number of hydrogen-bond acceptors (Lipinski definition) is 6. The van der Waals surface area contributed by atoms with Crippen molar-refractivity contribution < 1.29 is 9.53 Å². The van der Waals surface area contributed by atoms with Crippen molar-refractivity contribution in [3.05, 3.63) is 50.4 Å². The molecule has 36 heavy (non-hydrogen) atoms. The summed E-state index contributed by atoms with van der Waals surface area (Å²) in [5.74, 6) is 0.373. The number of halogens is 1. The standard InChI is InChI=1S/C26H39ClN6O2S/c1-18-15-23(27)31-20(3)24(18)25(34)29-9-5-19(2)32-11-6-22(7-12-32)33(16-21-8-14-36-17-21)26(28)30-10-13-35-4/h8,14-15,17,19,22H,5-7,9-13,16H2,1-4H3,(H2,28,30)(H,29,34)/t19-/m1/s1. The van der Waals surface area contributed by atoms with E-state index >= 15 is 0 Å². The Hall–Kier alpha value is -2.20. The predicted octanol–water partition coefficient (Wildman–Crippen LogP) is 4.06. The molecule has 2 aromatic heterocycles. The number of carbonyl (C=O) groups is 1. The number of thiophene rings is 1. The number of aryl methyl sites for hydroxylation is 2. The van der Waals surface area contributed by atoms with Crippen molar-refractivity contribution in [2.45, 2.75) is 58.7 Å². The normalized spacial score (nSPS) is 15.5.